The Kier molecular flexibility index (Phi) is 4.38. The third kappa shape index (κ3) is 3.17. The van der Waals surface area contributed by atoms with Gasteiger partial charge in [-0.2, -0.15) is 0 Å². The van der Waals surface area contributed by atoms with Crippen molar-refractivity contribution in [3.05, 3.63) is 62.6 Å². The lowest BCUT2D eigenvalue weighted by molar-refractivity contribution is -0.116. The van der Waals surface area contributed by atoms with Gasteiger partial charge in [0, 0.05) is 16.6 Å². The Balaban J connectivity index is 1.93. The Morgan fingerprint density at radius 2 is 1.81 bits per heavy atom. The zero-order chi connectivity index (χ0) is 15.0. The molecule has 0 fully saturated rings. The van der Waals surface area contributed by atoms with Crippen molar-refractivity contribution < 1.29 is 4.79 Å². The number of rotatable bonds is 2. The van der Waals surface area contributed by atoms with Crippen LogP contribution in [0, 0.1) is 0 Å². The summed E-state index contributed by atoms with van der Waals surface area (Å²) in [4.78, 5) is 11.5. The van der Waals surface area contributed by atoms with Crippen LogP contribution in [0.5, 0.6) is 0 Å². The van der Waals surface area contributed by atoms with Crippen molar-refractivity contribution in [3.63, 3.8) is 0 Å². The van der Waals surface area contributed by atoms with E-state index in [1.807, 2.05) is 30.3 Å². The minimum absolute atomic E-state index is 0.0750. The number of benzene rings is 2. The van der Waals surface area contributed by atoms with E-state index in [2.05, 4.69) is 43.2 Å². The van der Waals surface area contributed by atoms with Crippen LogP contribution in [-0.4, -0.2) is 5.91 Å². The number of anilines is 1. The molecular formula is C16H12Br2ClNO. The van der Waals surface area contributed by atoms with Gasteiger partial charge in [-0.25, -0.2) is 0 Å². The van der Waals surface area contributed by atoms with Gasteiger partial charge in [0.15, 0.2) is 0 Å². The summed E-state index contributed by atoms with van der Waals surface area (Å²) in [5, 5.41) is 3.60. The van der Waals surface area contributed by atoms with E-state index >= 15 is 0 Å². The zero-order valence-corrected chi connectivity index (χ0v) is 14.9. The number of nitrogens with one attached hydrogen (secondary N) is 1. The van der Waals surface area contributed by atoms with E-state index in [0.29, 0.717) is 11.4 Å². The van der Waals surface area contributed by atoms with E-state index in [9.17, 15) is 4.79 Å². The maximum atomic E-state index is 11.4. The Hall–Kier alpha value is -0.840. The smallest absolute Gasteiger partial charge is 0.224 e. The summed E-state index contributed by atoms with van der Waals surface area (Å²) < 4.78 is 0.890. The van der Waals surface area contributed by atoms with Gasteiger partial charge >= 0.3 is 0 Å². The van der Waals surface area contributed by atoms with Crippen LogP contribution in [-0.2, 0) is 11.2 Å². The van der Waals surface area contributed by atoms with E-state index in [1.54, 1.807) is 0 Å². The highest BCUT2D eigenvalue weighted by molar-refractivity contribution is 9.10. The third-order valence-corrected chi connectivity index (χ3v) is 5.84. The second kappa shape index (κ2) is 6.11. The van der Waals surface area contributed by atoms with Crippen molar-refractivity contribution in [2.24, 2.45) is 0 Å². The van der Waals surface area contributed by atoms with Gasteiger partial charge in [-0.05, 0) is 57.2 Å². The van der Waals surface area contributed by atoms with Gasteiger partial charge in [0.2, 0.25) is 5.91 Å². The lowest BCUT2D eigenvalue weighted by Gasteiger charge is -2.19. The van der Waals surface area contributed by atoms with Crippen LogP contribution >= 0.6 is 43.5 Å². The Bertz CT molecular complexity index is 717. The lowest BCUT2D eigenvalue weighted by atomic mass is 9.97. The largest absolute Gasteiger partial charge is 0.326 e. The number of fused-ring (bicyclic) bond motifs is 1. The van der Waals surface area contributed by atoms with Crippen molar-refractivity contribution >= 4 is 55.1 Å². The SMILES string of the molecule is O=C1CCc2cc(C(Br)c3ccc(Br)c(Cl)c3)ccc2N1. The molecule has 2 aromatic rings. The second-order valence-corrected chi connectivity index (χ2v) is 7.18. The van der Waals surface area contributed by atoms with Gasteiger partial charge < -0.3 is 5.32 Å². The fourth-order valence-electron chi connectivity index (χ4n) is 2.42. The first-order valence-electron chi connectivity index (χ1n) is 6.56. The van der Waals surface area contributed by atoms with Crippen LogP contribution in [0.4, 0.5) is 5.69 Å². The molecule has 1 heterocycles. The summed E-state index contributed by atoms with van der Waals surface area (Å²) in [5.74, 6) is 0.0883. The van der Waals surface area contributed by atoms with E-state index in [0.717, 1.165) is 27.7 Å². The highest BCUT2D eigenvalue weighted by atomic mass is 79.9. The molecule has 0 aromatic heterocycles. The van der Waals surface area contributed by atoms with E-state index in [4.69, 9.17) is 11.6 Å². The molecule has 5 heteroatoms. The summed E-state index contributed by atoms with van der Waals surface area (Å²) in [6.45, 7) is 0. The number of halogens is 3. The molecule has 0 radical (unpaired) electrons. The minimum atomic E-state index is 0.0750. The Labute approximate surface area is 145 Å². The molecule has 0 spiro atoms. The van der Waals surface area contributed by atoms with Crippen LogP contribution in [0.3, 0.4) is 0 Å². The zero-order valence-electron chi connectivity index (χ0n) is 11.0. The first-order valence-corrected chi connectivity index (χ1v) is 8.65. The number of amides is 1. The standard InChI is InChI=1S/C16H12Br2ClNO/c17-12-4-1-11(8-13(12)19)16(18)10-2-5-14-9(7-10)3-6-15(21)20-14/h1-2,4-5,7-8,16H,3,6H2,(H,20,21). The number of hydrogen-bond acceptors (Lipinski definition) is 1. The molecule has 0 saturated heterocycles. The van der Waals surface area contributed by atoms with Crippen molar-refractivity contribution in [3.8, 4) is 0 Å². The summed E-state index contributed by atoms with van der Waals surface area (Å²) in [7, 11) is 0. The minimum Gasteiger partial charge on any atom is -0.326 e. The molecule has 1 aliphatic heterocycles. The van der Waals surface area contributed by atoms with Gasteiger partial charge in [0.05, 0.1) is 9.85 Å². The van der Waals surface area contributed by atoms with Crippen LogP contribution in [0.15, 0.2) is 40.9 Å². The topological polar surface area (TPSA) is 29.1 Å². The lowest BCUT2D eigenvalue weighted by Crippen LogP contribution is -2.19. The molecule has 108 valence electrons. The Morgan fingerprint density at radius 1 is 1.10 bits per heavy atom. The average molecular weight is 430 g/mol. The monoisotopic (exact) mass is 427 g/mol. The maximum Gasteiger partial charge on any atom is 0.224 e. The van der Waals surface area contributed by atoms with E-state index in [-0.39, 0.29) is 10.7 Å². The summed E-state index contributed by atoms with van der Waals surface area (Å²) in [6.07, 6.45) is 1.34. The van der Waals surface area contributed by atoms with Crippen molar-refractivity contribution in [2.75, 3.05) is 5.32 Å². The Morgan fingerprint density at radius 3 is 2.57 bits per heavy atom. The molecule has 1 unspecified atom stereocenters. The molecule has 1 N–H and O–H groups in total. The molecule has 21 heavy (non-hydrogen) atoms. The van der Waals surface area contributed by atoms with Crippen molar-refractivity contribution in [1.29, 1.82) is 0 Å². The summed E-state index contributed by atoms with van der Waals surface area (Å²) in [6, 6.07) is 12.1. The van der Waals surface area contributed by atoms with Crippen LogP contribution in [0.2, 0.25) is 5.02 Å². The summed E-state index contributed by atoms with van der Waals surface area (Å²) >= 11 is 13.3. The van der Waals surface area contributed by atoms with E-state index in [1.165, 1.54) is 5.56 Å². The molecule has 2 nitrogen and oxygen atoms in total. The first kappa shape index (κ1) is 15.1. The summed E-state index contributed by atoms with van der Waals surface area (Å²) in [5.41, 5.74) is 4.36. The number of carbonyl (C=O) groups excluding carboxylic acids is 1. The highest BCUT2D eigenvalue weighted by Gasteiger charge is 2.18. The fraction of sp³-hybridized carbons (Fsp3) is 0.188. The predicted molar refractivity (Wildman–Crippen MR) is 93.3 cm³/mol. The quantitative estimate of drug-likeness (QED) is 0.630. The predicted octanol–water partition coefficient (Wildman–Crippen LogP) is 5.47. The molecule has 2 aromatic carbocycles. The van der Waals surface area contributed by atoms with Crippen LogP contribution in [0.1, 0.15) is 27.9 Å². The van der Waals surface area contributed by atoms with Crippen LogP contribution < -0.4 is 5.32 Å². The molecule has 3 rings (SSSR count). The highest BCUT2D eigenvalue weighted by Crippen LogP contribution is 2.36. The van der Waals surface area contributed by atoms with Gasteiger partial charge in [0.25, 0.3) is 0 Å². The number of aryl methyl sites for hydroxylation is 1. The molecule has 1 aliphatic rings. The van der Waals surface area contributed by atoms with Crippen LogP contribution in [0.25, 0.3) is 0 Å². The molecule has 0 saturated carbocycles. The van der Waals surface area contributed by atoms with E-state index < -0.39 is 0 Å². The number of hydrogen-bond donors (Lipinski definition) is 1. The molecule has 1 atom stereocenters. The van der Waals surface area contributed by atoms with Gasteiger partial charge in [0.1, 0.15) is 0 Å². The van der Waals surface area contributed by atoms with Gasteiger partial charge in [-0.15, -0.1) is 0 Å². The third-order valence-electron chi connectivity index (χ3n) is 3.55. The average Bonchev–Trinajstić information content (AvgIpc) is 2.49. The second-order valence-electron chi connectivity index (χ2n) is 5.00. The van der Waals surface area contributed by atoms with Gasteiger partial charge in [-0.3, -0.25) is 4.79 Å². The first-order chi connectivity index (χ1) is 10.0. The molecule has 1 amide bonds. The van der Waals surface area contributed by atoms with Crippen molar-refractivity contribution in [1.82, 2.24) is 0 Å². The maximum absolute atomic E-state index is 11.4. The number of carbonyl (C=O) groups is 1. The molecule has 0 aliphatic carbocycles. The molecule has 0 bridgehead atoms. The fourth-order valence-corrected chi connectivity index (χ4v) is 3.43. The van der Waals surface area contributed by atoms with Gasteiger partial charge in [-0.1, -0.05) is 45.7 Å². The molecular weight excluding hydrogens is 417 g/mol. The van der Waals surface area contributed by atoms with Crippen molar-refractivity contribution in [2.45, 2.75) is 17.7 Å². The normalized spacial score (nSPS) is 15.3. The number of alkyl halides is 1.